The van der Waals surface area contributed by atoms with E-state index >= 15 is 0 Å². The first kappa shape index (κ1) is 13.3. The summed E-state index contributed by atoms with van der Waals surface area (Å²) in [7, 11) is 0. The lowest BCUT2D eigenvalue weighted by atomic mass is 10.0. The summed E-state index contributed by atoms with van der Waals surface area (Å²) in [5, 5.41) is 4.35. The van der Waals surface area contributed by atoms with E-state index in [1.807, 2.05) is 30.0 Å². The molecule has 0 spiro atoms. The van der Waals surface area contributed by atoms with Gasteiger partial charge in [-0.3, -0.25) is 0 Å². The van der Waals surface area contributed by atoms with Crippen LogP contribution in [0.4, 0.5) is 5.69 Å². The van der Waals surface area contributed by atoms with Crippen molar-refractivity contribution >= 4 is 45.0 Å². The summed E-state index contributed by atoms with van der Waals surface area (Å²) >= 11 is 11.5. The van der Waals surface area contributed by atoms with Crippen LogP contribution in [0.25, 0.3) is 0 Å². The first-order valence-electron chi connectivity index (χ1n) is 6.11. The molecule has 0 radical (unpaired) electrons. The Bertz CT molecular complexity index is 602. The third-order valence-corrected chi connectivity index (χ3v) is 5.21. The van der Waals surface area contributed by atoms with Gasteiger partial charge in [-0.2, -0.15) is 11.8 Å². The molecule has 0 amide bonds. The molecule has 0 saturated heterocycles. The van der Waals surface area contributed by atoms with E-state index in [-0.39, 0.29) is 0 Å². The molecule has 1 unspecified atom stereocenters. The zero-order valence-electron chi connectivity index (χ0n) is 10.2. The summed E-state index contributed by atoms with van der Waals surface area (Å²) in [6, 6.07) is 14.9. The van der Waals surface area contributed by atoms with E-state index in [1.165, 1.54) is 11.1 Å². The average Bonchev–Trinajstić information content (AvgIpc) is 2.42. The third kappa shape index (κ3) is 2.93. The molecule has 1 aliphatic rings. The van der Waals surface area contributed by atoms with Crippen LogP contribution in [-0.2, 0) is 5.75 Å². The van der Waals surface area contributed by atoms with Gasteiger partial charge < -0.3 is 5.32 Å². The largest absolute Gasteiger partial charge is 0.376 e. The second-order valence-corrected chi connectivity index (χ2v) is 6.86. The highest BCUT2D eigenvalue weighted by Crippen LogP contribution is 2.36. The predicted octanol–water partition coefficient (Wildman–Crippen LogP) is 5.50. The fraction of sp³-hybridized carbons (Fsp3) is 0.200. The standard InChI is InChI=1S/C15H13BrClNS/c16-13-7-11(17)5-6-14(13)18-15-9-19-8-10-3-1-2-4-12(10)15/h1-7,15,18H,8-9H2. The topological polar surface area (TPSA) is 12.0 Å². The van der Waals surface area contributed by atoms with E-state index in [9.17, 15) is 0 Å². The second-order valence-electron chi connectivity index (χ2n) is 4.54. The maximum absolute atomic E-state index is 5.98. The van der Waals surface area contributed by atoms with Crippen molar-refractivity contribution in [3.8, 4) is 0 Å². The molecule has 0 bridgehead atoms. The van der Waals surface area contributed by atoms with E-state index in [2.05, 4.69) is 45.5 Å². The first-order chi connectivity index (χ1) is 9.24. The van der Waals surface area contributed by atoms with Crippen LogP contribution < -0.4 is 5.32 Å². The molecule has 1 heterocycles. The fourth-order valence-corrected chi connectivity index (χ4v) is 4.19. The van der Waals surface area contributed by atoms with Crippen molar-refractivity contribution in [3.05, 3.63) is 63.1 Å². The zero-order valence-corrected chi connectivity index (χ0v) is 13.4. The molecule has 0 aromatic heterocycles. The SMILES string of the molecule is Clc1ccc(NC2CSCc3ccccc32)c(Br)c1. The van der Waals surface area contributed by atoms with Gasteiger partial charge in [-0.15, -0.1) is 0 Å². The van der Waals surface area contributed by atoms with Gasteiger partial charge in [0.25, 0.3) is 0 Å². The molecule has 1 nitrogen and oxygen atoms in total. The minimum absolute atomic E-state index is 0.354. The number of thioether (sulfide) groups is 1. The Kier molecular flexibility index (Phi) is 4.06. The summed E-state index contributed by atoms with van der Waals surface area (Å²) in [4.78, 5) is 0. The van der Waals surface area contributed by atoms with E-state index in [0.29, 0.717) is 6.04 Å². The lowest BCUT2D eigenvalue weighted by Crippen LogP contribution is -2.18. The molecule has 1 N–H and O–H groups in total. The molecular weight excluding hydrogens is 342 g/mol. The monoisotopic (exact) mass is 353 g/mol. The third-order valence-electron chi connectivity index (χ3n) is 3.23. The highest BCUT2D eigenvalue weighted by Gasteiger charge is 2.20. The van der Waals surface area contributed by atoms with Crippen molar-refractivity contribution in [2.24, 2.45) is 0 Å². The summed E-state index contributed by atoms with van der Waals surface area (Å²) in [5.74, 6) is 2.20. The first-order valence-corrected chi connectivity index (χ1v) is 8.44. The number of halogens is 2. The predicted molar refractivity (Wildman–Crippen MR) is 88.1 cm³/mol. The smallest absolute Gasteiger partial charge is 0.0607 e. The Hall–Kier alpha value is -0.640. The molecule has 0 saturated carbocycles. The number of rotatable bonds is 2. The summed E-state index contributed by atoms with van der Waals surface area (Å²) < 4.78 is 1.01. The number of anilines is 1. The number of benzene rings is 2. The fourth-order valence-electron chi connectivity index (χ4n) is 2.30. The molecule has 2 aromatic rings. The van der Waals surface area contributed by atoms with Crippen LogP contribution in [0.5, 0.6) is 0 Å². The molecule has 2 aromatic carbocycles. The maximum Gasteiger partial charge on any atom is 0.0607 e. The van der Waals surface area contributed by atoms with Gasteiger partial charge in [0.1, 0.15) is 0 Å². The minimum Gasteiger partial charge on any atom is -0.376 e. The van der Waals surface area contributed by atoms with Crippen LogP contribution in [0.1, 0.15) is 17.2 Å². The van der Waals surface area contributed by atoms with Crippen LogP contribution >= 0.6 is 39.3 Å². The summed E-state index contributed by atoms with van der Waals surface area (Å²) in [5.41, 5.74) is 3.93. The van der Waals surface area contributed by atoms with Crippen LogP contribution in [0.15, 0.2) is 46.9 Å². The van der Waals surface area contributed by atoms with Crippen LogP contribution in [0.3, 0.4) is 0 Å². The Morgan fingerprint density at radius 1 is 1.21 bits per heavy atom. The zero-order chi connectivity index (χ0) is 13.2. The quantitative estimate of drug-likeness (QED) is 0.764. The summed E-state index contributed by atoms with van der Waals surface area (Å²) in [6.07, 6.45) is 0. The molecule has 1 aliphatic heterocycles. The molecule has 3 rings (SSSR count). The number of nitrogens with one attached hydrogen (secondary N) is 1. The number of hydrogen-bond acceptors (Lipinski definition) is 2. The van der Waals surface area contributed by atoms with Gasteiger partial charge >= 0.3 is 0 Å². The lowest BCUT2D eigenvalue weighted by Gasteiger charge is -2.27. The minimum atomic E-state index is 0.354. The van der Waals surface area contributed by atoms with Gasteiger partial charge in [0.15, 0.2) is 0 Å². The van der Waals surface area contributed by atoms with E-state index in [0.717, 1.165) is 26.7 Å². The van der Waals surface area contributed by atoms with E-state index < -0.39 is 0 Å². The van der Waals surface area contributed by atoms with Gasteiger partial charge in [-0.25, -0.2) is 0 Å². The lowest BCUT2D eigenvalue weighted by molar-refractivity contribution is 0.870. The molecule has 0 fully saturated rings. The highest BCUT2D eigenvalue weighted by molar-refractivity contribution is 9.10. The van der Waals surface area contributed by atoms with Crippen molar-refractivity contribution in [1.29, 1.82) is 0 Å². The van der Waals surface area contributed by atoms with Crippen LogP contribution in [0.2, 0.25) is 5.02 Å². The van der Waals surface area contributed by atoms with Gasteiger partial charge in [0.2, 0.25) is 0 Å². The van der Waals surface area contributed by atoms with Crippen molar-refractivity contribution in [1.82, 2.24) is 0 Å². The van der Waals surface area contributed by atoms with Crippen molar-refractivity contribution in [3.63, 3.8) is 0 Å². The van der Waals surface area contributed by atoms with Crippen LogP contribution in [0, 0.1) is 0 Å². The van der Waals surface area contributed by atoms with Gasteiger partial charge in [-0.05, 0) is 45.3 Å². The number of hydrogen-bond donors (Lipinski definition) is 1. The van der Waals surface area contributed by atoms with Crippen molar-refractivity contribution in [2.75, 3.05) is 11.1 Å². The molecule has 0 aliphatic carbocycles. The Morgan fingerprint density at radius 3 is 2.89 bits per heavy atom. The Labute approximate surface area is 130 Å². The Morgan fingerprint density at radius 2 is 2.05 bits per heavy atom. The van der Waals surface area contributed by atoms with Crippen molar-refractivity contribution in [2.45, 2.75) is 11.8 Å². The van der Waals surface area contributed by atoms with Gasteiger partial charge in [-0.1, -0.05) is 35.9 Å². The Balaban J connectivity index is 1.88. The molecule has 19 heavy (non-hydrogen) atoms. The molecule has 4 heteroatoms. The summed E-state index contributed by atoms with van der Waals surface area (Å²) in [6.45, 7) is 0. The molecule has 1 atom stereocenters. The highest BCUT2D eigenvalue weighted by atomic mass is 79.9. The van der Waals surface area contributed by atoms with Gasteiger partial charge in [0.05, 0.1) is 6.04 Å². The molecule has 98 valence electrons. The van der Waals surface area contributed by atoms with Crippen molar-refractivity contribution < 1.29 is 0 Å². The van der Waals surface area contributed by atoms with Gasteiger partial charge in [0, 0.05) is 26.7 Å². The van der Waals surface area contributed by atoms with E-state index in [4.69, 9.17) is 11.6 Å². The second kappa shape index (κ2) is 5.78. The maximum atomic E-state index is 5.98. The average molecular weight is 355 g/mol. The normalized spacial score (nSPS) is 17.9. The molecular formula is C15H13BrClNS. The van der Waals surface area contributed by atoms with Crippen LogP contribution in [-0.4, -0.2) is 5.75 Å². The van der Waals surface area contributed by atoms with E-state index in [1.54, 1.807) is 0 Å². The number of fused-ring (bicyclic) bond motifs is 1.